The van der Waals surface area contributed by atoms with Crippen LogP contribution in [-0.4, -0.2) is 24.7 Å². The van der Waals surface area contributed by atoms with Gasteiger partial charge in [-0.05, 0) is 29.8 Å². The second-order valence-corrected chi connectivity index (χ2v) is 6.11. The van der Waals surface area contributed by atoms with Crippen LogP contribution >= 0.6 is 11.8 Å². The molecule has 25 heavy (non-hydrogen) atoms. The third-order valence-electron chi connectivity index (χ3n) is 3.50. The van der Waals surface area contributed by atoms with Gasteiger partial charge in [-0.15, -0.1) is 10.2 Å². The first-order valence-corrected chi connectivity index (χ1v) is 8.32. The molecule has 3 aromatic heterocycles. The Morgan fingerprint density at radius 3 is 2.88 bits per heavy atom. The summed E-state index contributed by atoms with van der Waals surface area (Å²) in [5.74, 6) is 1.18. The van der Waals surface area contributed by atoms with Crippen LogP contribution in [0.1, 0.15) is 5.56 Å². The number of hydrogen-bond donors (Lipinski definition) is 0. The van der Waals surface area contributed by atoms with Crippen molar-refractivity contribution in [1.82, 2.24) is 19.8 Å². The first-order chi connectivity index (χ1) is 12.2. The quantitative estimate of drug-likeness (QED) is 0.307. The van der Waals surface area contributed by atoms with Crippen LogP contribution in [0.3, 0.4) is 0 Å². The highest BCUT2D eigenvalue weighted by Gasteiger charge is 2.12. The molecule has 0 spiro atoms. The number of thioether (sulfide) groups is 1. The Morgan fingerprint density at radius 1 is 1.16 bits per heavy atom. The van der Waals surface area contributed by atoms with Crippen molar-refractivity contribution in [3.8, 4) is 11.5 Å². The van der Waals surface area contributed by atoms with Crippen molar-refractivity contribution in [1.29, 1.82) is 0 Å². The molecule has 3 heterocycles. The van der Waals surface area contributed by atoms with Crippen molar-refractivity contribution in [3.63, 3.8) is 0 Å². The van der Waals surface area contributed by atoms with Gasteiger partial charge in [-0.3, -0.25) is 10.1 Å². The summed E-state index contributed by atoms with van der Waals surface area (Å²) >= 11 is 1.41. The van der Waals surface area contributed by atoms with Gasteiger partial charge in [-0.25, -0.2) is 0 Å². The van der Waals surface area contributed by atoms with Gasteiger partial charge in [-0.1, -0.05) is 23.9 Å². The van der Waals surface area contributed by atoms with Gasteiger partial charge in [0.25, 0.3) is 5.69 Å². The SMILES string of the molecule is O=[N+]([O-])c1cccc(CSc2nnc3ccc(-c4ccco4)nn23)c1. The topological polar surface area (TPSA) is 99.4 Å². The maximum absolute atomic E-state index is 10.9. The fraction of sp³-hybridized carbons (Fsp3) is 0.0625. The summed E-state index contributed by atoms with van der Waals surface area (Å²) in [7, 11) is 0. The molecule has 0 bridgehead atoms. The van der Waals surface area contributed by atoms with Gasteiger partial charge in [-0.2, -0.15) is 9.61 Å². The van der Waals surface area contributed by atoms with Crippen molar-refractivity contribution in [2.24, 2.45) is 0 Å². The number of nitrogens with zero attached hydrogens (tertiary/aromatic N) is 5. The van der Waals surface area contributed by atoms with Crippen molar-refractivity contribution in [2.75, 3.05) is 0 Å². The van der Waals surface area contributed by atoms with Gasteiger partial charge in [0.2, 0.25) is 5.16 Å². The van der Waals surface area contributed by atoms with Crippen molar-refractivity contribution in [3.05, 3.63) is 70.5 Å². The summed E-state index contributed by atoms with van der Waals surface area (Å²) in [6, 6.07) is 13.8. The van der Waals surface area contributed by atoms with Crippen LogP contribution in [0.25, 0.3) is 17.1 Å². The predicted octanol–water partition coefficient (Wildman–Crippen LogP) is 3.58. The van der Waals surface area contributed by atoms with Gasteiger partial charge >= 0.3 is 0 Å². The van der Waals surface area contributed by atoms with E-state index in [1.54, 1.807) is 29.0 Å². The van der Waals surface area contributed by atoms with E-state index in [4.69, 9.17) is 4.42 Å². The van der Waals surface area contributed by atoms with Gasteiger partial charge in [0.1, 0.15) is 5.69 Å². The highest BCUT2D eigenvalue weighted by Crippen LogP contribution is 2.25. The lowest BCUT2D eigenvalue weighted by atomic mass is 10.2. The highest BCUT2D eigenvalue weighted by atomic mass is 32.2. The van der Waals surface area contributed by atoms with E-state index >= 15 is 0 Å². The van der Waals surface area contributed by atoms with Crippen molar-refractivity contribution in [2.45, 2.75) is 10.9 Å². The van der Waals surface area contributed by atoms with E-state index in [0.717, 1.165) is 5.56 Å². The second kappa shape index (κ2) is 6.36. The van der Waals surface area contributed by atoms with Crippen LogP contribution in [0.2, 0.25) is 0 Å². The second-order valence-electron chi connectivity index (χ2n) is 5.16. The number of furan rings is 1. The van der Waals surface area contributed by atoms with E-state index < -0.39 is 4.92 Å². The minimum atomic E-state index is -0.405. The lowest BCUT2D eigenvalue weighted by Crippen LogP contribution is -1.96. The largest absolute Gasteiger partial charge is 0.463 e. The molecular formula is C16H11N5O3S. The summed E-state index contributed by atoms with van der Waals surface area (Å²) in [5.41, 5.74) is 2.20. The average molecular weight is 353 g/mol. The first kappa shape index (κ1) is 15.3. The Kier molecular flexibility index (Phi) is 3.90. The van der Waals surface area contributed by atoms with Crippen LogP contribution in [0, 0.1) is 10.1 Å². The lowest BCUT2D eigenvalue weighted by molar-refractivity contribution is -0.384. The number of hydrogen-bond acceptors (Lipinski definition) is 7. The maximum atomic E-state index is 10.9. The summed E-state index contributed by atoms with van der Waals surface area (Å²) < 4.78 is 7.00. The summed E-state index contributed by atoms with van der Waals surface area (Å²) in [6.07, 6.45) is 1.59. The Morgan fingerprint density at radius 2 is 2.08 bits per heavy atom. The molecular weight excluding hydrogens is 342 g/mol. The Bertz CT molecular complexity index is 1050. The van der Waals surface area contributed by atoms with Crippen LogP contribution in [0.5, 0.6) is 0 Å². The molecule has 0 aliphatic heterocycles. The van der Waals surface area contributed by atoms with Crippen LogP contribution < -0.4 is 0 Å². The fourth-order valence-corrected chi connectivity index (χ4v) is 3.15. The zero-order chi connectivity index (χ0) is 17.2. The van der Waals surface area contributed by atoms with Gasteiger partial charge in [0.15, 0.2) is 11.4 Å². The Labute approximate surface area is 145 Å². The number of fused-ring (bicyclic) bond motifs is 1. The molecule has 9 heteroatoms. The molecule has 0 N–H and O–H groups in total. The van der Waals surface area contributed by atoms with E-state index in [0.29, 0.717) is 28.0 Å². The molecule has 0 saturated heterocycles. The standard InChI is InChI=1S/C16H11N5O3S/c22-21(23)12-4-1-3-11(9-12)10-25-16-18-17-15-7-6-13(19-20(15)16)14-5-2-8-24-14/h1-9H,10H2. The van der Waals surface area contributed by atoms with Gasteiger partial charge in [0, 0.05) is 17.9 Å². The fourth-order valence-electron chi connectivity index (χ4n) is 2.32. The van der Waals surface area contributed by atoms with Crippen LogP contribution in [-0.2, 0) is 5.75 Å². The van der Waals surface area contributed by atoms with E-state index in [9.17, 15) is 10.1 Å². The van der Waals surface area contributed by atoms with E-state index in [2.05, 4.69) is 15.3 Å². The molecule has 0 atom stereocenters. The van der Waals surface area contributed by atoms with Crippen LogP contribution in [0.15, 0.2) is 64.4 Å². The summed E-state index contributed by atoms with van der Waals surface area (Å²) in [6.45, 7) is 0. The van der Waals surface area contributed by atoms with E-state index in [1.807, 2.05) is 24.3 Å². The molecule has 4 rings (SSSR count). The molecule has 8 nitrogen and oxygen atoms in total. The Hall–Kier alpha value is -3.20. The summed E-state index contributed by atoms with van der Waals surface area (Å²) in [4.78, 5) is 10.5. The van der Waals surface area contributed by atoms with E-state index in [1.165, 1.54) is 17.8 Å². The smallest absolute Gasteiger partial charge is 0.269 e. The molecule has 0 amide bonds. The molecule has 0 fully saturated rings. The Balaban J connectivity index is 1.60. The minimum Gasteiger partial charge on any atom is -0.463 e. The number of nitro benzene ring substituents is 1. The first-order valence-electron chi connectivity index (χ1n) is 7.33. The van der Waals surface area contributed by atoms with Crippen LogP contribution in [0.4, 0.5) is 5.69 Å². The maximum Gasteiger partial charge on any atom is 0.269 e. The molecule has 0 unspecified atom stereocenters. The number of nitro groups is 1. The van der Waals surface area contributed by atoms with Gasteiger partial charge < -0.3 is 4.42 Å². The molecule has 4 aromatic rings. The van der Waals surface area contributed by atoms with Crippen molar-refractivity contribution >= 4 is 23.1 Å². The molecule has 0 aliphatic rings. The number of aromatic nitrogens is 4. The minimum absolute atomic E-state index is 0.0717. The monoisotopic (exact) mass is 353 g/mol. The number of benzene rings is 1. The zero-order valence-electron chi connectivity index (χ0n) is 12.8. The van der Waals surface area contributed by atoms with Gasteiger partial charge in [0.05, 0.1) is 11.2 Å². The molecule has 0 aliphatic carbocycles. The predicted molar refractivity (Wildman–Crippen MR) is 91.1 cm³/mol. The molecule has 0 saturated carbocycles. The zero-order valence-corrected chi connectivity index (χ0v) is 13.6. The average Bonchev–Trinajstić information content (AvgIpc) is 3.29. The lowest BCUT2D eigenvalue weighted by Gasteiger charge is -2.02. The third-order valence-corrected chi connectivity index (χ3v) is 4.49. The number of non-ortho nitro benzene ring substituents is 1. The third kappa shape index (κ3) is 3.09. The normalized spacial score (nSPS) is 11.0. The summed E-state index contributed by atoms with van der Waals surface area (Å²) in [5, 5.41) is 24.2. The highest BCUT2D eigenvalue weighted by molar-refractivity contribution is 7.98. The molecule has 0 radical (unpaired) electrons. The molecule has 124 valence electrons. The van der Waals surface area contributed by atoms with E-state index in [-0.39, 0.29) is 5.69 Å². The molecule has 1 aromatic carbocycles. The number of rotatable bonds is 5. The van der Waals surface area contributed by atoms with Crippen molar-refractivity contribution < 1.29 is 9.34 Å².